The number of aromatic nitrogens is 1. The number of carbonyl (C=O) groups is 1. The standard InChI is InChI=1S/C27H26I2N2O7S/c1-7-38-26(33)21-13(2)30-27-31(22(21)14-9-18(34-3)24(37-6)19(10-14)35-4)25(32)20(39-27)11-15-8-16(28)12-17(29)23(15)36-5/h8-12,22H,7H2,1-6H3/b20-11-/t22-/m1/s1. The zero-order chi connectivity index (χ0) is 28.4. The van der Waals surface area contributed by atoms with E-state index in [1.165, 1.54) is 37.2 Å². The average Bonchev–Trinajstić information content (AvgIpc) is 3.20. The van der Waals surface area contributed by atoms with Crippen molar-refractivity contribution in [2.45, 2.75) is 19.9 Å². The predicted octanol–water partition coefficient (Wildman–Crippen LogP) is 4.04. The van der Waals surface area contributed by atoms with Crippen LogP contribution < -0.4 is 33.8 Å². The average molecular weight is 776 g/mol. The monoisotopic (exact) mass is 776 g/mol. The van der Waals surface area contributed by atoms with E-state index in [9.17, 15) is 9.59 Å². The first-order valence-electron chi connectivity index (χ1n) is 11.7. The summed E-state index contributed by atoms with van der Waals surface area (Å²) >= 11 is 5.68. The van der Waals surface area contributed by atoms with Crippen molar-refractivity contribution in [2.75, 3.05) is 35.0 Å². The number of nitrogens with zero attached hydrogens (tertiary/aromatic N) is 2. The summed E-state index contributed by atoms with van der Waals surface area (Å²) in [4.78, 5) is 32.3. The van der Waals surface area contributed by atoms with Crippen LogP contribution in [0.3, 0.4) is 0 Å². The van der Waals surface area contributed by atoms with E-state index in [0.29, 0.717) is 43.6 Å². The second-order valence-electron chi connectivity index (χ2n) is 8.27. The van der Waals surface area contributed by atoms with E-state index in [2.05, 4.69) is 50.2 Å². The van der Waals surface area contributed by atoms with Gasteiger partial charge in [0.1, 0.15) is 5.75 Å². The fraction of sp³-hybridized carbons (Fsp3) is 0.296. The van der Waals surface area contributed by atoms with Gasteiger partial charge in [0.05, 0.1) is 60.5 Å². The first-order chi connectivity index (χ1) is 18.7. The highest BCUT2D eigenvalue weighted by atomic mass is 127. The Morgan fingerprint density at radius 1 is 1.03 bits per heavy atom. The molecule has 12 heteroatoms. The van der Waals surface area contributed by atoms with Gasteiger partial charge < -0.3 is 23.7 Å². The normalized spacial score (nSPS) is 15.0. The van der Waals surface area contributed by atoms with Crippen LogP contribution in [-0.4, -0.2) is 45.6 Å². The number of hydrogen-bond donors (Lipinski definition) is 0. The van der Waals surface area contributed by atoms with Gasteiger partial charge in [-0.3, -0.25) is 9.36 Å². The van der Waals surface area contributed by atoms with Crippen LogP contribution in [0, 0.1) is 7.14 Å². The first kappa shape index (κ1) is 29.4. The smallest absolute Gasteiger partial charge is 0.338 e. The molecule has 1 aromatic heterocycles. The fourth-order valence-electron chi connectivity index (χ4n) is 4.41. The van der Waals surface area contributed by atoms with Crippen molar-refractivity contribution in [3.8, 4) is 23.0 Å². The molecule has 0 amide bonds. The minimum absolute atomic E-state index is 0.174. The summed E-state index contributed by atoms with van der Waals surface area (Å²) < 4.78 is 31.5. The molecule has 1 atom stereocenters. The van der Waals surface area contributed by atoms with Gasteiger partial charge in [-0.05, 0) is 94.9 Å². The van der Waals surface area contributed by atoms with Crippen molar-refractivity contribution in [3.63, 3.8) is 0 Å². The van der Waals surface area contributed by atoms with E-state index in [4.69, 9.17) is 23.7 Å². The van der Waals surface area contributed by atoms with Crippen LogP contribution >= 0.6 is 56.5 Å². The van der Waals surface area contributed by atoms with Gasteiger partial charge in [0.2, 0.25) is 5.75 Å². The molecule has 0 fully saturated rings. The Labute approximate surface area is 256 Å². The van der Waals surface area contributed by atoms with E-state index >= 15 is 0 Å². The van der Waals surface area contributed by atoms with Crippen molar-refractivity contribution in [3.05, 3.63) is 73.5 Å². The van der Waals surface area contributed by atoms with Crippen molar-refractivity contribution in [1.29, 1.82) is 0 Å². The predicted molar refractivity (Wildman–Crippen MR) is 165 cm³/mol. The number of esters is 1. The second kappa shape index (κ2) is 12.3. The van der Waals surface area contributed by atoms with Gasteiger partial charge in [-0.15, -0.1) is 0 Å². The van der Waals surface area contributed by atoms with Crippen LogP contribution in [0.2, 0.25) is 0 Å². The van der Waals surface area contributed by atoms with Crippen LogP contribution in [0.4, 0.5) is 0 Å². The molecular weight excluding hydrogens is 750 g/mol. The molecule has 1 aliphatic heterocycles. The molecular formula is C27H26I2N2O7S. The molecule has 1 aliphatic rings. The van der Waals surface area contributed by atoms with Crippen LogP contribution in [0.25, 0.3) is 6.08 Å². The summed E-state index contributed by atoms with van der Waals surface area (Å²) in [6.07, 6.45) is 1.79. The summed E-state index contributed by atoms with van der Waals surface area (Å²) in [6.45, 7) is 3.64. The van der Waals surface area contributed by atoms with Crippen molar-refractivity contribution in [1.82, 2.24) is 4.57 Å². The van der Waals surface area contributed by atoms with Gasteiger partial charge in [0.15, 0.2) is 16.3 Å². The number of benzene rings is 2. The van der Waals surface area contributed by atoms with Crippen LogP contribution in [0.5, 0.6) is 23.0 Å². The molecule has 3 aromatic rings. The zero-order valence-corrected chi connectivity index (χ0v) is 27.2. The molecule has 39 heavy (non-hydrogen) atoms. The minimum Gasteiger partial charge on any atom is -0.495 e. The molecule has 206 valence electrons. The van der Waals surface area contributed by atoms with Crippen LogP contribution in [0.15, 0.2) is 45.3 Å². The SMILES string of the molecule is CCOC(=O)C1=C(C)N=c2s/c(=C\c3cc(I)cc(I)c3OC)c(=O)n2[C@@H]1c1cc(OC)c(OC)c(OC)c1. The van der Waals surface area contributed by atoms with E-state index < -0.39 is 12.0 Å². The van der Waals surface area contributed by atoms with E-state index in [1.807, 2.05) is 12.1 Å². The molecule has 0 saturated carbocycles. The van der Waals surface area contributed by atoms with Gasteiger partial charge >= 0.3 is 5.97 Å². The molecule has 2 heterocycles. The molecule has 2 aromatic carbocycles. The number of halogens is 2. The third-order valence-corrected chi connectivity index (χ3v) is 8.45. The maximum absolute atomic E-state index is 14.0. The highest BCUT2D eigenvalue weighted by Crippen LogP contribution is 2.42. The Hall–Kier alpha value is -2.59. The molecule has 0 aliphatic carbocycles. The van der Waals surface area contributed by atoms with Crippen LogP contribution in [0.1, 0.15) is 31.0 Å². The van der Waals surface area contributed by atoms with Gasteiger partial charge in [-0.2, -0.15) is 0 Å². The zero-order valence-electron chi connectivity index (χ0n) is 22.1. The molecule has 9 nitrogen and oxygen atoms in total. The van der Waals surface area contributed by atoms with E-state index in [0.717, 1.165) is 12.7 Å². The Bertz CT molecular complexity index is 1630. The third kappa shape index (κ3) is 5.55. The summed E-state index contributed by atoms with van der Waals surface area (Å²) in [5.74, 6) is 1.30. The van der Waals surface area contributed by atoms with Crippen molar-refractivity contribution < 1.29 is 28.5 Å². The highest BCUT2D eigenvalue weighted by molar-refractivity contribution is 14.1. The summed E-state index contributed by atoms with van der Waals surface area (Å²) in [5.41, 5.74) is 1.76. The van der Waals surface area contributed by atoms with Crippen LogP contribution in [-0.2, 0) is 9.53 Å². The van der Waals surface area contributed by atoms with Gasteiger partial charge in [-0.25, -0.2) is 9.79 Å². The maximum atomic E-state index is 14.0. The fourth-order valence-corrected chi connectivity index (χ4v) is 7.56. The number of methoxy groups -OCH3 is 4. The molecule has 0 radical (unpaired) electrons. The summed E-state index contributed by atoms with van der Waals surface area (Å²) in [5, 5.41) is 0. The lowest BCUT2D eigenvalue weighted by Gasteiger charge is -2.26. The van der Waals surface area contributed by atoms with Crippen molar-refractivity contribution in [2.24, 2.45) is 4.99 Å². The third-order valence-electron chi connectivity index (χ3n) is 6.05. The lowest BCUT2D eigenvalue weighted by atomic mass is 9.95. The largest absolute Gasteiger partial charge is 0.495 e. The van der Waals surface area contributed by atoms with Crippen molar-refractivity contribution >= 4 is 68.6 Å². The van der Waals surface area contributed by atoms with E-state index in [-0.39, 0.29) is 17.7 Å². The Morgan fingerprint density at radius 3 is 2.23 bits per heavy atom. The number of rotatable bonds is 8. The summed E-state index contributed by atoms with van der Waals surface area (Å²) in [7, 11) is 6.13. The molecule has 0 spiro atoms. The lowest BCUT2D eigenvalue weighted by Crippen LogP contribution is -2.40. The number of hydrogen-bond acceptors (Lipinski definition) is 9. The second-order valence-corrected chi connectivity index (χ2v) is 11.7. The number of thiazole rings is 1. The number of allylic oxidation sites excluding steroid dienone is 1. The van der Waals surface area contributed by atoms with E-state index in [1.54, 1.807) is 39.2 Å². The molecule has 4 rings (SSSR count). The van der Waals surface area contributed by atoms with Gasteiger partial charge in [-0.1, -0.05) is 11.3 Å². The molecule has 0 unspecified atom stereocenters. The Kier molecular flexibility index (Phi) is 9.26. The quantitative estimate of drug-likeness (QED) is 0.252. The first-order valence-corrected chi connectivity index (χ1v) is 14.7. The van der Waals surface area contributed by atoms with Gasteiger partial charge in [0.25, 0.3) is 5.56 Å². The topological polar surface area (TPSA) is 97.6 Å². The molecule has 0 saturated heterocycles. The lowest BCUT2D eigenvalue weighted by molar-refractivity contribution is -0.139. The Morgan fingerprint density at radius 2 is 1.67 bits per heavy atom. The number of fused-ring (bicyclic) bond motifs is 1. The number of carbonyl (C=O) groups excluding carboxylic acids is 1. The number of ether oxygens (including phenoxy) is 5. The highest BCUT2D eigenvalue weighted by Gasteiger charge is 2.34. The minimum atomic E-state index is -0.839. The molecule has 0 bridgehead atoms. The summed E-state index contributed by atoms with van der Waals surface area (Å²) in [6, 6.07) is 6.57. The van der Waals surface area contributed by atoms with Gasteiger partial charge in [0, 0.05) is 9.13 Å². The maximum Gasteiger partial charge on any atom is 0.338 e. The Balaban J connectivity index is 2.04. The molecule has 0 N–H and O–H groups in total.